The zero-order valence-electron chi connectivity index (χ0n) is 9.13. The summed E-state index contributed by atoms with van der Waals surface area (Å²) in [6.45, 7) is 2.45. The molecule has 1 rings (SSSR count). The molecule has 0 saturated carbocycles. The summed E-state index contributed by atoms with van der Waals surface area (Å²) >= 11 is 0. The summed E-state index contributed by atoms with van der Waals surface area (Å²) < 4.78 is 13.2. The van der Waals surface area contributed by atoms with Gasteiger partial charge in [0.05, 0.1) is 12.0 Å². The largest absolute Gasteiger partial charge is 0.356 e. The zero-order valence-corrected chi connectivity index (χ0v) is 9.13. The number of rotatable bonds is 5. The Morgan fingerprint density at radius 2 is 2.00 bits per heavy atom. The Labute approximate surface area is 93.7 Å². The first-order valence-corrected chi connectivity index (χ1v) is 5.19. The smallest absolute Gasteiger partial charge is 0.227 e. The van der Waals surface area contributed by atoms with Crippen molar-refractivity contribution in [2.45, 2.75) is 19.8 Å². The van der Waals surface area contributed by atoms with Crippen LogP contribution in [0, 0.1) is 5.82 Å². The lowest BCUT2D eigenvalue weighted by atomic mass is 10.1. The minimum Gasteiger partial charge on any atom is -0.356 e. The molecule has 0 atom stereocenters. The van der Waals surface area contributed by atoms with E-state index in [1.807, 2.05) is 6.92 Å². The number of halogens is 1. The number of amides is 1. The van der Waals surface area contributed by atoms with Crippen LogP contribution >= 0.6 is 0 Å². The summed E-state index contributed by atoms with van der Waals surface area (Å²) in [5.74, 6) is -1.45. The van der Waals surface area contributed by atoms with Gasteiger partial charge in [-0.05, 0) is 18.6 Å². The Balaban J connectivity index is 2.59. The van der Waals surface area contributed by atoms with Crippen molar-refractivity contribution in [1.29, 1.82) is 0 Å². The maximum absolute atomic E-state index is 13.2. The van der Waals surface area contributed by atoms with Crippen LogP contribution in [0.25, 0.3) is 0 Å². The molecule has 1 amide bonds. The van der Waals surface area contributed by atoms with E-state index in [1.165, 1.54) is 18.2 Å². The summed E-state index contributed by atoms with van der Waals surface area (Å²) in [7, 11) is 0. The Kier molecular flexibility index (Phi) is 4.64. The van der Waals surface area contributed by atoms with E-state index in [-0.39, 0.29) is 17.9 Å². The van der Waals surface area contributed by atoms with Gasteiger partial charge in [-0.25, -0.2) is 4.39 Å². The van der Waals surface area contributed by atoms with Gasteiger partial charge in [0.2, 0.25) is 5.91 Å². The molecule has 3 nitrogen and oxygen atoms in total. The highest BCUT2D eigenvalue weighted by Crippen LogP contribution is 2.08. The van der Waals surface area contributed by atoms with Crippen LogP contribution in [0.4, 0.5) is 4.39 Å². The molecule has 1 aromatic carbocycles. The number of carbonyl (C=O) groups is 2. The van der Waals surface area contributed by atoms with E-state index < -0.39 is 11.6 Å². The van der Waals surface area contributed by atoms with E-state index >= 15 is 0 Å². The van der Waals surface area contributed by atoms with E-state index in [2.05, 4.69) is 5.32 Å². The average Bonchev–Trinajstić information content (AvgIpc) is 2.26. The van der Waals surface area contributed by atoms with Crippen LogP contribution in [0.15, 0.2) is 24.3 Å². The van der Waals surface area contributed by atoms with Crippen LogP contribution < -0.4 is 5.32 Å². The first kappa shape index (κ1) is 12.4. The molecule has 86 valence electrons. The molecule has 1 N–H and O–H groups in total. The molecule has 0 aromatic heterocycles. The van der Waals surface area contributed by atoms with Crippen molar-refractivity contribution in [3.8, 4) is 0 Å². The normalized spacial score (nSPS) is 9.88. The van der Waals surface area contributed by atoms with Crippen molar-refractivity contribution in [1.82, 2.24) is 5.32 Å². The van der Waals surface area contributed by atoms with Gasteiger partial charge in [-0.2, -0.15) is 0 Å². The molecule has 0 unspecified atom stereocenters. The molecule has 0 aliphatic rings. The minimum atomic E-state index is -0.587. The number of hydrogen-bond acceptors (Lipinski definition) is 2. The standard InChI is InChI=1S/C12H14FNO2/c1-2-7-14-12(16)8-11(15)9-5-3-4-6-10(9)13/h3-6H,2,7-8H2,1H3,(H,14,16). The van der Waals surface area contributed by atoms with Gasteiger partial charge in [-0.3, -0.25) is 9.59 Å². The van der Waals surface area contributed by atoms with Crippen molar-refractivity contribution in [3.05, 3.63) is 35.6 Å². The maximum Gasteiger partial charge on any atom is 0.227 e. The quantitative estimate of drug-likeness (QED) is 0.612. The molecule has 0 aliphatic carbocycles. The Morgan fingerprint density at radius 1 is 1.31 bits per heavy atom. The van der Waals surface area contributed by atoms with Gasteiger partial charge < -0.3 is 5.32 Å². The summed E-state index contributed by atoms with van der Waals surface area (Å²) in [6.07, 6.45) is 0.501. The molecule has 4 heteroatoms. The third-order valence-corrected chi connectivity index (χ3v) is 2.07. The Bertz CT molecular complexity index is 390. The van der Waals surface area contributed by atoms with E-state index in [4.69, 9.17) is 0 Å². The monoisotopic (exact) mass is 223 g/mol. The zero-order chi connectivity index (χ0) is 12.0. The van der Waals surface area contributed by atoms with Crippen LogP contribution in [0.1, 0.15) is 30.1 Å². The SMILES string of the molecule is CCCNC(=O)CC(=O)c1ccccc1F. The number of Topliss-reactive ketones (excluding diaryl/α,β-unsaturated/α-hetero) is 1. The van der Waals surface area contributed by atoms with Gasteiger partial charge in [0, 0.05) is 6.54 Å². The van der Waals surface area contributed by atoms with Gasteiger partial charge in [0.1, 0.15) is 5.82 Å². The first-order valence-electron chi connectivity index (χ1n) is 5.19. The fourth-order valence-electron chi connectivity index (χ4n) is 1.26. The predicted octanol–water partition coefficient (Wildman–Crippen LogP) is 1.92. The van der Waals surface area contributed by atoms with E-state index in [0.717, 1.165) is 6.42 Å². The maximum atomic E-state index is 13.2. The summed E-state index contributed by atoms with van der Waals surface area (Å²) in [5, 5.41) is 2.57. The van der Waals surface area contributed by atoms with Gasteiger partial charge in [-0.15, -0.1) is 0 Å². The lowest BCUT2D eigenvalue weighted by Crippen LogP contribution is -2.26. The number of carbonyl (C=O) groups excluding carboxylic acids is 2. The van der Waals surface area contributed by atoms with Crippen molar-refractivity contribution in [2.24, 2.45) is 0 Å². The van der Waals surface area contributed by atoms with Gasteiger partial charge in [0.25, 0.3) is 0 Å². The second-order valence-corrected chi connectivity index (χ2v) is 3.43. The number of ketones is 1. The number of benzene rings is 1. The predicted molar refractivity (Wildman–Crippen MR) is 58.6 cm³/mol. The summed E-state index contributed by atoms with van der Waals surface area (Å²) in [5.41, 5.74) is -0.0332. The summed E-state index contributed by atoms with van der Waals surface area (Å²) in [6, 6.07) is 5.66. The van der Waals surface area contributed by atoms with Gasteiger partial charge in [0.15, 0.2) is 5.78 Å². The molecule has 1 aromatic rings. The molecular weight excluding hydrogens is 209 g/mol. The molecule has 0 fully saturated rings. The Morgan fingerprint density at radius 3 is 2.62 bits per heavy atom. The van der Waals surface area contributed by atoms with Crippen LogP contribution in [0.5, 0.6) is 0 Å². The highest BCUT2D eigenvalue weighted by atomic mass is 19.1. The average molecular weight is 223 g/mol. The fraction of sp³-hybridized carbons (Fsp3) is 0.333. The van der Waals surface area contributed by atoms with E-state index in [9.17, 15) is 14.0 Å². The minimum absolute atomic E-state index is 0.0332. The van der Waals surface area contributed by atoms with E-state index in [1.54, 1.807) is 6.07 Å². The topological polar surface area (TPSA) is 46.2 Å². The number of hydrogen-bond donors (Lipinski definition) is 1. The highest BCUT2D eigenvalue weighted by molar-refractivity contribution is 6.07. The van der Waals surface area contributed by atoms with Crippen molar-refractivity contribution in [2.75, 3.05) is 6.54 Å². The molecule has 0 bridgehead atoms. The molecular formula is C12H14FNO2. The molecule has 0 spiro atoms. The van der Waals surface area contributed by atoms with Crippen LogP contribution in [-0.4, -0.2) is 18.2 Å². The van der Waals surface area contributed by atoms with Crippen LogP contribution in [-0.2, 0) is 4.79 Å². The van der Waals surface area contributed by atoms with Crippen LogP contribution in [0.2, 0.25) is 0 Å². The third-order valence-electron chi connectivity index (χ3n) is 2.07. The summed E-state index contributed by atoms with van der Waals surface area (Å²) in [4.78, 5) is 22.8. The van der Waals surface area contributed by atoms with Crippen molar-refractivity contribution in [3.63, 3.8) is 0 Å². The van der Waals surface area contributed by atoms with E-state index in [0.29, 0.717) is 6.54 Å². The molecule has 0 saturated heterocycles. The van der Waals surface area contributed by atoms with Gasteiger partial charge in [-0.1, -0.05) is 19.1 Å². The van der Waals surface area contributed by atoms with Crippen molar-refractivity contribution < 1.29 is 14.0 Å². The Hall–Kier alpha value is -1.71. The molecule has 0 radical (unpaired) electrons. The molecule has 16 heavy (non-hydrogen) atoms. The van der Waals surface area contributed by atoms with Crippen LogP contribution in [0.3, 0.4) is 0 Å². The lowest BCUT2D eigenvalue weighted by molar-refractivity contribution is -0.120. The molecule has 0 heterocycles. The third kappa shape index (κ3) is 3.46. The molecule has 0 aliphatic heterocycles. The first-order chi connectivity index (χ1) is 7.65. The number of nitrogens with one attached hydrogen (secondary N) is 1. The van der Waals surface area contributed by atoms with Gasteiger partial charge >= 0.3 is 0 Å². The second kappa shape index (κ2) is 6.00. The lowest BCUT2D eigenvalue weighted by Gasteiger charge is -2.03. The fourth-order valence-corrected chi connectivity index (χ4v) is 1.26. The second-order valence-electron chi connectivity index (χ2n) is 3.43. The highest BCUT2D eigenvalue weighted by Gasteiger charge is 2.14. The van der Waals surface area contributed by atoms with Crippen molar-refractivity contribution >= 4 is 11.7 Å².